The van der Waals surface area contributed by atoms with Gasteiger partial charge in [-0.3, -0.25) is 0 Å². The lowest BCUT2D eigenvalue weighted by Crippen LogP contribution is -2.35. The summed E-state index contributed by atoms with van der Waals surface area (Å²) in [6.07, 6.45) is 1.13. The number of benzene rings is 1. The summed E-state index contributed by atoms with van der Waals surface area (Å²) in [5.74, 6) is 1.46. The van der Waals surface area contributed by atoms with Gasteiger partial charge >= 0.3 is 0 Å². The molecule has 0 aliphatic rings. The Morgan fingerprint density at radius 3 is 2.20 bits per heavy atom. The standard InChI is InChI=1S/C16H25Br2NO/c1-6-11(2)10-20-15-13(17)7-12(8-14(15)18)9-19-16(3,4)5/h7-8,11,19H,6,9-10H2,1-5H3. The predicted octanol–water partition coefficient (Wildman–Crippen LogP) is 5.52. The van der Waals surface area contributed by atoms with Gasteiger partial charge in [0.2, 0.25) is 0 Å². The minimum Gasteiger partial charge on any atom is -0.491 e. The van der Waals surface area contributed by atoms with Crippen molar-refractivity contribution >= 4 is 31.9 Å². The fourth-order valence-corrected chi connectivity index (χ4v) is 3.07. The van der Waals surface area contributed by atoms with Crippen molar-refractivity contribution < 1.29 is 4.74 Å². The quantitative estimate of drug-likeness (QED) is 0.670. The van der Waals surface area contributed by atoms with E-state index in [9.17, 15) is 0 Å². The SMILES string of the molecule is CCC(C)COc1c(Br)cc(CNC(C)(C)C)cc1Br. The summed E-state index contributed by atoms with van der Waals surface area (Å²) in [6.45, 7) is 12.5. The van der Waals surface area contributed by atoms with Crippen LogP contribution < -0.4 is 10.1 Å². The van der Waals surface area contributed by atoms with E-state index in [0.717, 1.165) is 34.3 Å². The van der Waals surface area contributed by atoms with Crippen LogP contribution in [0.4, 0.5) is 0 Å². The van der Waals surface area contributed by atoms with E-state index < -0.39 is 0 Å². The van der Waals surface area contributed by atoms with Crippen molar-refractivity contribution in [2.45, 2.75) is 53.1 Å². The van der Waals surface area contributed by atoms with Gasteiger partial charge in [-0.05, 0) is 76.2 Å². The van der Waals surface area contributed by atoms with Crippen LogP contribution >= 0.6 is 31.9 Å². The van der Waals surface area contributed by atoms with Gasteiger partial charge in [0.1, 0.15) is 5.75 Å². The summed E-state index contributed by atoms with van der Waals surface area (Å²) < 4.78 is 7.91. The molecule has 1 unspecified atom stereocenters. The molecule has 114 valence electrons. The van der Waals surface area contributed by atoms with Crippen LogP contribution in [0.25, 0.3) is 0 Å². The van der Waals surface area contributed by atoms with Gasteiger partial charge in [0.25, 0.3) is 0 Å². The fourth-order valence-electron chi connectivity index (χ4n) is 1.56. The summed E-state index contributed by atoms with van der Waals surface area (Å²) in [5.41, 5.74) is 1.35. The molecule has 0 aromatic heterocycles. The Balaban J connectivity index is 2.76. The zero-order valence-electron chi connectivity index (χ0n) is 13.0. The highest BCUT2D eigenvalue weighted by molar-refractivity contribution is 9.11. The Labute approximate surface area is 139 Å². The zero-order chi connectivity index (χ0) is 15.3. The lowest BCUT2D eigenvalue weighted by molar-refractivity contribution is 0.253. The third kappa shape index (κ3) is 6.15. The van der Waals surface area contributed by atoms with Crippen LogP contribution in [0.2, 0.25) is 0 Å². The molecule has 1 aromatic rings. The molecule has 0 spiro atoms. The number of hydrogen-bond acceptors (Lipinski definition) is 2. The van der Waals surface area contributed by atoms with Crippen molar-refractivity contribution in [1.82, 2.24) is 5.32 Å². The van der Waals surface area contributed by atoms with Crippen molar-refractivity contribution in [2.24, 2.45) is 5.92 Å². The lowest BCUT2D eigenvalue weighted by Gasteiger charge is -2.21. The third-order valence-corrected chi connectivity index (χ3v) is 4.27. The van der Waals surface area contributed by atoms with Crippen LogP contribution in [0, 0.1) is 5.92 Å². The number of nitrogens with one attached hydrogen (secondary N) is 1. The smallest absolute Gasteiger partial charge is 0.147 e. The van der Waals surface area contributed by atoms with Gasteiger partial charge in [-0.1, -0.05) is 20.3 Å². The summed E-state index contributed by atoms with van der Waals surface area (Å²) >= 11 is 7.22. The van der Waals surface area contributed by atoms with Crippen LogP contribution in [0.1, 0.15) is 46.6 Å². The van der Waals surface area contributed by atoms with Gasteiger partial charge in [0.05, 0.1) is 15.6 Å². The summed E-state index contributed by atoms with van der Waals surface area (Å²) in [6, 6.07) is 4.24. The highest BCUT2D eigenvalue weighted by Crippen LogP contribution is 2.35. The Morgan fingerprint density at radius 1 is 1.20 bits per heavy atom. The van der Waals surface area contributed by atoms with Gasteiger partial charge in [-0.2, -0.15) is 0 Å². The minimum atomic E-state index is 0.116. The highest BCUT2D eigenvalue weighted by Gasteiger charge is 2.13. The second-order valence-corrected chi connectivity index (χ2v) is 8.03. The molecular weight excluding hydrogens is 382 g/mol. The van der Waals surface area contributed by atoms with Crippen molar-refractivity contribution in [2.75, 3.05) is 6.61 Å². The second-order valence-electron chi connectivity index (χ2n) is 6.32. The molecule has 0 saturated carbocycles. The Morgan fingerprint density at radius 2 is 1.75 bits per heavy atom. The number of ether oxygens (including phenoxy) is 1. The molecule has 1 aromatic carbocycles. The number of hydrogen-bond donors (Lipinski definition) is 1. The first-order valence-electron chi connectivity index (χ1n) is 7.08. The van der Waals surface area contributed by atoms with Gasteiger partial charge in [0, 0.05) is 12.1 Å². The molecule has 1 atom stereocenters. The lowest BCUT2D eigenvalue weighted by atomic mass is 10.1. The van der Waals surface area contributed by atoms with Crippen LogP contribution in [0.15, 0.2) is 21.1 Å². The molecule has 0 fully saturated rings. The first kappa shape index (κ1) is 18.0. The molecule has 1 N–H and O–H groups in total. The summed E-state index contributed by atoms with van der Waals surface area (Å²) in [4.78, 5) is 0. The topological polar surface area (TPSA) is 21.3 Å². The Hall–Kier alpha value is -0.0600. The number of rotatable bonds is 6. The van der Waals surface area contributed by atoms with E-state index in [-0.39, 0.29) is 5.54 Å². The van der Waals surface area contributed by atoms with E-state index in [1.54, 1.807) is 0 Å². The molecule has 0 bridgehead atoms. The highest BCUT2D eigenvalue weighted by atomic mass is 79.9. The minimum absolute atomic E-state index is 0.116. The summed E-state index contributed by atoms with van der Waals surface area (Å²) in [5, 5.41) is 3.49. The first-order chi connectivity index (χ1) is 9.23. The van der Waals surface area contributed by atoms with Crippen LogP contribution in [0.3, 0.4) is 0 Å². The van der Waals surface area contributed by atoms with E-state index in [0.29, 0.717) is 5.92 Å². The van der Waals surface area contributed by atoms with Crippen molar-refractivity contribution in [3.8, 4) is 5.75 Å². The molecule has 0 heterocycles. The fraction of sp³-hybridized carbons (Fsp3) is 0.625. The maximum absolute atomic E-state index is 5.91. The van der Waals surface area contributed by atoms with Crippen molar-refractivity contribution in [3.63, 3.8) is 0 Å². The van der Waals surface area contributed by atoms with Crippen molar-refractivity contribution in [3.05, 3.63) is 26.6 Å². The molecule has 4 heteroatoms. The average Bonchev–Trinajstić information content (AvgIpc) is 2.34. The molecule has 1 rings (SSSR count). The van der Waals surface area contributed by atoms with Crippen molar-refractivity contribution in [1.29, 1.82) is 0 Å². The zero-order valence-corrected chi connectivity index (χ0v) is 16.2. The Bertz CT molecular complexity index is 418. The van der Waals surface area contributed by atoms with Gasteiger partial charge in [0.15, 0.2) is 0 Å². The van der Waals surface area contributed by atoms with Gasteiger partial charge < -0.3 is 10.1 Å². The molecule has 20 heavy (non-hydrogen) atoms. The molecule has 0 amide bonds. The normalized spacial score (nSPS) is 13.3. The van der Waals surface area contributed by atoms with Gasteiger partial charge in [-0.25, -0.2) is 0 Å². The predicted molar refractivity (Wildman–Crippen MR) is 93.4 cm³/mol. The van der Waals surface area contributed by atoms with E-state index in [2.05, 4.69) is 83.9 Å². The molecular formula is C16H25Br2NO. The third-order valence-electron chi connectivity index (χ3n) is 3.09. The van der Waals surface area contributed by atoms with Gasteiger partial charge in [-0.15, -0.1) is 0 Å². The monoisotopic (exact) mass is 405 g/mol. The number of halogens is 2. The van der Waals surface area contributed by atoms with Crippen LogP contribution in [-0.4, -0.2) is 12.1 Å². The van der Waals surface area contributed by atoms with Crippen LogP contribution in [0.5, 0.6) is 5.75 Å². The molecule has 2 nitrogen and oxygen atoms in total. The first-order valence-corrected chi connectivity index (χ1v) is 8.67. The maximum atomic E-state index is 5.91. The molecule has 0 radical (unpaired) electrons. The van der Waals surface area contributed by atoms with E-state index in [1.807, 2.05) is 0 Å². The molecule has 0 aliphatic carbocycles. The second kappa shape index (κ2) is 7.81. The van der Waals surface area contributed by atoms with E-state index >= 15 is 0 Å². The average molecular weight is 407 g/mol. The molecule has 0 saturated heterocycles. The largest absolute Gasteiger partial charge is 0.491 e. The van der Waals surface area contributed by atoms with Crippen LogP contribution in [-0.2, 0) is 6.54 Å². The summed E-state index contributed by atoms with van der Waals surface area (Å²) in [7, 11) is 0. The molecule has 0 aliphatic heterocycles. The Kier molecular flexibility index (Phi) is 7.02. The van der Waals surface area contributed by atoms with E-state index in [4.69, 9.17) is 4.74 Å². The van der Waals surface area contributed by atoms with E-state index in [1.165, 1.54) is 5.56 Å². The maximum Gasteiger partial charge on any atom is 0.147 e.